The normalized spacial score (nSPS) is 6.71. The largest absolute Gasteiger partial charge is 0.250 e. The summed E-state index contributed by atoms with van der Waals surface area (Å²) in [5.74, 6) is 0. The molecule has 1 aromatic heterocycles. The van der Waals surface area contributed by atoms with Crippen molar-refractivity contribution >= 4 is 22.9 Å². The minimum atomic E-state index is 0.550. The first-order valence-electron chi connectivity index (χ1n) is 1.71. The molecule has 0 bridgehead atoms. The van der Waals surface area contributed by atoms with E-state index in [-0.39, 0.29) is 0 Å². The van der Waals surface area contributed by atoms with Crippen molar-refractivity contribution in [3.05, 3.63) is 18.7 Å². The van der Waals surface area contributed by atoms with Crippen molar-refractivity contribution in [1.29, 1.82) is 0 Å². The van der Waals surface area contributed by atoms with Crippen LogP contribution in [0.1, 0.15) is 0 Å². The second-order valence-corrected chi connectivity index (χ2v) is 0.811. The number of nitrogens with one attached hydrogen (secondary N) is 2. The second-order valence-electron chi connectivity index (χ2n) is 0.811. The molecule has 0 unspecified atom stereocenters. The summed E-state index contributed by atoms with van der Waals surface area (Å²) in [6.45, 7) is 0. The van der Waals surface area contributed by atoms with E-state index in [9.17, 15) is 0 Å². The van der Waals surface area contributed by atoms with Crippen molar-refractivity contribution in [2.75, 3.05) is 0 Å². The summed E-state index contributed by atoms with van der Waals surface area (Å²) >= 11 is 0.550. The van der Waals surface area contributed by atoms with E-state index in [1.807, 2.05) is 12.4 Å². The van der Waals surface area contributed by atoms with Gasteiger partial charge in [-0.15, -0.1) is 0 Å². The van der Waals surface area contributed by atoms with E-state index in [4.69, 9.17) is 3.44 Å². The monoisotopic (exact) mass is 206 g/mol. The first-order chi connectivity index (χ1) is 3.50. The summed E-state index contributed by atoms with van der Waals surface area (Å²) in [6.07, 6.45) is 5.39. The van der Waals surface area contributed by atoms with Gasteiger partial charge in [0, 0.05) is 0 Å². The van der Waals surface area contributed by atoms with Gasteiger partial charge < -0.3 is 0 Å². The fraction of sp³-hybridized carbons (Fsp3) is 0. The van der Waals surface area contributed by atoms with E-state index in [1.54, 1.807) is 6.33 Å². The zero-order valence-corrected chi connectivity index (χ0v) is 6.53. The van der Waals surface area contributed by atoms with Gasteiger partial charge in [0.15, 0.2) is 0 Å². The number of aromatic nitrogens is 2. The molecule has 0 fully saturated rings. The maximum Gasteiger partial charge on any atom is 0.239 e. The van der Waals surface area contributed by atoms with Crippen LogP contribution in [-0.2, 0) is 0 Å². The third kappa shape index (κ3) is 3.81. The van der Waals surface area contributed by atoms with Crippen molar-refractivity contribution < 1.29 is 8.43 Å². The molecular weight excluding hydrogens is 199 g/mol. The van der Waals surface area contributed by atoms with Crippen molar-refractivity contribution in [3.8, 4) is 0 Å². The Hall–Kier alpha value is -0.0313. The maximum atomic E-state index is 7.09. The molecule has 0 saturated heterocycles. The Labute approximate surface area is 55.4 Å². The minimum Gasteiger partial charge on any atom is -0.250 e. The molecule has 7 heavy (non-hydrogen) atoms. The van der Waals surface area contributed by atoms with Crippen LogP contribution in [0.5, 0.6) is 0 Å². The number of imidazole rings is 1. The molecule has 1 aromatic rings. The predicted octanol–water partition coefficient (Wildman–Crippen LogP) is -1.11. The summed E-state index contributed by atoms with van der Waals surface area (Å²) in [5, 5.41) is 0. The second kappa shape index (κ2) is 5.97. The van der Waals surface area contributed by atoms with E-state index in [0.717, 1.165) is 0 Å². The van der Waals surface area contributed by atoms with Crippen molar-refractivity contribution in [2.45, 2.75) is 0 Å². The topological polar surface area (TPSA) is 50.2 Å². The van der Waals surface area contributed by atoms with Gasteiger partial charge >= 0.3 is 26.4 Å². The zero-order valence-electron chi connectivity index (χ0n) is 3.68. The molecule has 0 atom stereocenters. The Morgan fingerprint density at radius 1 is 1.57 bits per heavy atom. The molecule has 1 rings (SSSR count). The third-order valence-corrected chi connectivity index (χ3v) is 0.442. The van der Waals surface area contributed by atoms with Crippen LogP contribution < -0.4 is 4.98 Å². The quantitative estimate of drug-likeness (QED) is 0.518. The Kier molecular flexibility index (Phi) is 5.94. The average molecular weight is 205 g/mol. The van der Waals surface area contributed by atoms with Crippen LogP contribution in [0.3, 0.4) is 0 Å². The molecule has 3 nitrogen and oxygen atoms in total. The number of hydrogen-bond donors (Lipinski definition) is 2. The fourth-order valence-corrected chi connectivity index (χ4v) is 0.241. The molecule has 1 heterocycles. The summed E-state index contributed by atoms with van der Waals surface area (Å²) in [6, 6.07) is 0. The van der Waals surface area contributed by atoms with Gasteiger partial charge in [0.1, 0.15) is 12.4 Å². The zero-order chi connectivity index (χ0) is 5.54. The third-order valence-electron chi connectivity index (χ3n) is 0.442. The van der Waals surface area contributed by atoms with Gasteiger partial charge in [-0.2, -0.15) is 0 Å². The minimum absolute atomic E-state index is 0.550. The Morgan fingerprint density at radius 3 is 2.43 bits per heavy atom. The standard InChI is InChI=1S/C3H4N2.H2O.Sn/c1-2-5-3-4-1;;/h1-3H,(H,4,5);1H2;/q;;+4. The predicted molar refractivity (Wildman–Crippen MR) is 25.3 cm³/mol. The molecule has 0 aliphatic heterocycles. The Balaban J connectivity index is 0.000000162. The summed E-state index contributed by atoms with van der Waals surface area (Å²) in [4.78, 5) is 5.61. The van der Waals surface area contributed by atoms with Crippen LogP contribution in [0.25, 0.3) is 0 Å². The Morgan fingerprint density at radius 2 is 2.29 bits per heavy atom. The number of rotatable bonds is 0. The SMILES string of the molecule is [OH][Sn+3].c1c[nH+]c[nH]1. The first kappa shape index (κ1) is 6.97. The number of aromatic amines is 2. The van der Waals surface area contributed by atoms with Crippen LogP contribution in [0, 0.1) is 0 Å². The molecule has 0 spiro atoms. The fourth-order valence-electron chi connectivity index (χ4n) is 0.241. The van der Waals surface area contributed by atoms with Crippen LogP contribution in [0.2, 0.25) is 0 Å². The number of H-pyrrole nitrogens is 2. The summed E-state index contributed by atoms with van der Waals surface area (Å²) in [7, 11) is 0. The average Bonchev–Trinajstić information content (AvgIpc) is 2.23. The van der Waals surface area contributed by atoms with Gasteiger partial charge in [-0.1, -0.05) is 0 Å². The molecule has 4 heteroatoms. The van der Waals surface area contributed by atoms with Gasteiger partial charge in [-0.05, 0) is 0 Å². The van der Waals surface area contributed by atoms with E-state index >= 15 is 0 Å². The summed E-state index contributed by atoms with van der Waals surface area (Å²) in [5.41, 5.74) is 0. The van der Waals surface area contributed by atoms with E-state index in [2.05, 4.69) is 9.97 Å². The molecule has 0 amide bonds. The maximum absolute atomic E-state index is 7.09. The van der Waals surface area contributed by atoms with Gasteiger partial charge in [0.25, 0.3) is 0 Å². The van der Waals surface area contributed by atoms with Gasteiger partial charge in [0.2, 0.25) is 6.33 Å². The molecule has 0 aliphatic rings. The molecule has 0 aliphatic carbocycles. The smallest absolute Gasteiger partial charge is 0.239 e. The molecule has 0 saturated carbocycles. The van der Waals surface area contributed by atoms with Gasteiger partial charge in [0.05, 0.1) is 0 Å². The van der Waals surface area contributed by atoms with Crippen LogP contribution >= 0.6 is 0 Å². The van der Waals surface area contributed by atoms with E-state index in [0.29, 0.717) is 22.9 Å². The molecular formula is C3H6N2OSn+4. The van der Waals surface area contributed by atoms with Crippen molar-refractivity contribution in [2.24, 2.45) is 0 Å². The summed E-state index contributed by atoms with van der Waals surface area (Å²) < 4.78 is 7.09. The molecule has 34 valence electrons. The van der Waals surface area contributed by atoms with Crippen LogP contribution in [0.15, 0.2) is 18.7 Å². The van der Waals surface area contributed by atoms with Gasteiger partial charge in [-0.3, -0.25) is 9.97 Å². The van der Waals surface area contributed by atoms with Crippen LogP contribution in [0.4, 0.5) is 0 Å². The molecule has 0 aromatic carbocycles. The van der Waals surface area contributed by atoms with Crippen molar-refractivity contribution in [3.63, 3.8) is 0 Å². The number of hydrogen-bond acceptors (Lipinski definition) is 1. The first-order valence-corrected chi connectivity index (χ1v) is 2.99. The molecule has 0 radical (unpaired) electrons. The molecule has 3 N–H and O–H groups in total. The van der Waals surface area contributed by atoms with E-state index in [1.165, 1.54) is 0 Å². The van der Waals surface area contributed by atoms with E-state index < -0.39 is 0 Å². The van der Waals surface area contributed by atoms with Crippen LogP contribution in [-0.4, -0.2) is 31.4 Å². The van der Waals surface area contributed by atoms with Gasteiger partial charge in [-0.25, -0.2) is 0 Å². The van der Waals surface area contributed by atoms with Crippen molar-refractivity contribution in [1.82, 2.24) is 4.98 Å². The Bertz CT molecular complexity index is 69.4.